The van der Waals surface area contributed by atoms with E-state index in [2.05, 4.69) is 10.7 Å². The summed E-state index contributed by atoms with van der Waals surface area (Å²) in [4.78, 5) is 14.7. The number of carbonyl (C=O) groups is 1. The first-order valence-electron chi connectivity index (χ1n) is 3.14. The fraction of sp³-hybridized carbons (Fsp3) is 0. The summed E-state index contributed by atoms with van der Waals surface area (Å²) in [5.74, 6) is 3.58. The van der Waals surface area contributed by atoms with Gasteiger partial charge in [0.1, 0.15) is 11.3 Å². The van der Waals surface area contributed by atoms with E-state index in [1.54, 1.807) is 0 Å². The average molecular weight is 168 g/mol. The molecule has 1 rings (SSSR count). The molecule has 5 nitrogen and oxygen atoms in total. The molecule has 0 heterocycles. The van der Waals surface area contributed by atoms with Gasteiger partial charge in [-0.15, -0.1) is 0 Å². The fourth-order valence-corrected chi connectivity index (χ4v) is 0.785. The molecule has 64 valence electrons. The average Bonchev–Trinajstić information content (AvgIpc) is 2.03. The van der Waals surface area contributed by atoms with Crippen LogP contribution in [0.2, 0.25) is 0 Å². The Morgan fingerprint density at radius 3 is 2.67 bits per heavy atom. The van der Waals surface area contributed by atoms with E-state index in [9.17, 15) is 4.79 Å². The number of nitrogens with two attached hydrogens (primary N) is 2. The van der Waals surface area contributed by atoms with Gasteiger partial charge in [0.15, 0.2) is 0 Å². The zero-order chi connectivity index (χ0) is 9.14. The van der Waals surface area contributed by atoms with Gasteiger partial charge in [-0.25, -0.2) is 4.79 Å². The maximum atomic E-state index is 10.8. The third-order valence-corrected chi connectivity index (χ3v) is 1.35. The molecule has 0 aliphatic heterocycles. The topological polar surface area (TPSA) is 98.6 Å². The highest BCUT2D eigenvalue weighted by Gasteiger charge is 2.10. The summed E-state index contributed by atoms with van der Waals surface area (Å²) in [5.41, 5.74) is 5.68. The maximum absolute atomic E-state index is 10.8. The molecule has 1 aromatic rings. The summed E-state index contributed by atoms with van der Waals surface area (Å²) in [7, 11) is 0. The van der Waals surface area contributed by atoms with Crippen LogP contribution in [-0.2, 0) is 4.84 Å². The number of anilines is 1. The van der Waals surface area contributed by atoms with E-state index in [1.807, 2.05) is 0 Å². The van der Waals surface area contributed by atoms with Crippen molar-refractivity contribution in [2.45, 2.75) is 0 Å². The lowest BCUT2D eigenvalue weighted by Crippen LogP contribution is -2.10. The van der Waals surface area contributed by atoms with Crippen LogP contribution >= 0.6 is 0 Å². The largest absolute Gasteiger partial charge is 0.507 e. The molecule has 0 aromatic heterocycles. The van der Waals surface area contributed by atoms with E-state index < -0.39 is 5.97 Å². The second kappa shape index (κ2) is 3.10. The SMILES string of the molecule is NOC(=O)c1ccc(N)cc1O. The zero-order valence-electron chi connectivity index (χ0n) is 6.15. The van der Waals surface area contributed by atoms with Gasteiger partial charge in [0, 0.05) is 11.8 Å². The van der Waals surface area contributed by atoms with Crippen molar-refractivity contribution in [1.29, 1.82) is 0 Å². The summed E-state index contributed by atoms with van der Waals surface area (Å²) in [5, 5.41) is 9.16. The first-order valence-corrected chi connectivity index (χ1v) is 3.14. The van der Waals surface area contributed by atoms with Crippen LogP contribution in [0, 0.1) is 0 Å². The lowest BCUT2D eigenvalue weighted by atomic mass is 10.2. The molecule has 0 aliphatic rings. The Morgan fingerprint density at radius 1 is 1.50 bits per heavy atom. The van der Waals surface area contributed by atoms with Crippen LogP contribution < -0.4 is 11.6 Å². The van der Waals surface area contributed by atoms with Crippen molar-refractivity contribution < 1.29 is 14.7 Å². The number of rotatable bonds is 1. The summed E-state index contributed by atoms with van der Waals surface area (Å²) >= 11 is 0. The molecular formula is C7H8N2O3. The molecule has 0 spiro atoms. The molecule has 0 bridgehead atoms. The van der Waals surface area contributed by atoms with Crippen LogP contribution in [0.25, 0.3) is 0 Å². The minimum Gasteiger partial charge on any atom is -0.507 e. The van der Waals surface area contributed by atoms with Crippen LogP contribution in [0.5, 0.6) is 5.75 Å². The lowest BCUT2D eigenvalue weighted by Gasteiger charge is -2.01. The van der Waals surface area contributed by atoms with Crippen molar-refractivity contribution in [2.24, 2.45) is 5.90 Å². The number of hydrogen-bond donors (Lipinski definition) is 3. The molecule has 1 aromatic carbocycles. The van der Waals surface area contributed by atoms with E-state index >= 15 is 0 Å². The predicted octanol–water partition coefficient (Wildman–Crippen LogP) is 0.00490. The smallest absolute Gasteiger partial charge is 0.360 e. The van der Waals surface area contributed by atoms with Crippen molar-refractivity contribution in [3.8, 4) is 5.75 Å². The number of carbonyl (C=O) groups excluding carboxylic acids is 1. The van der Waals surface area contributed by atoms with Crippen molar-refractivity contribution in [1.82, 2.24) is 0 Å². The van der Waals surface area contributed by atoms with E-state index in [-0.39, 0.29) is 11.3 Å². The number of phenolic OH excluding ortho intramolecular Hbond substituents is 1. The van der Waals surface area contributed by atoms with Gasteiger partial charge in [-0.2, -0.15) is 5.90 Å². The number of aromatic hydroxyl groups is 1. The second-order valence-electron chi connectivity index (χ2n) is 2.18. The number of phenols is 1. The number of hydrogen-bond acceptors (Lipinski definition) is 5. The quantitative estimate of drug-likeness (QED) is 0.405. The van der Waals surface area contributed by atoms with E-state index in [0.29, 0.717) is 5.69 Å². The van der Waals surface area contributed by atoms with Gasteiger partial charge >= 0.3 is 5.97 Å². The molecular weight excluding hydrogens is 160 g/mol. The molecule has 5 N–H and O–H groups in total. The Morgan fingerprint density at radius 2 is 2.17 bits per heavy atom. The predicted molar refractivity (Wildman–Crippen MR) is 42.1 cm³/mol. The minimum absolute atomic E-state index is 0.00769. The Bertz CT molecular complexity index is 312. The molecule has 0 aliphatic carbocycles. The third-order valence-electron chi connectivity index (χ3n) is 1.35. The van der Waals surface area contributed by atoms with Gasteiger partial charge in [-0.05, 0) is 12.1 Å². The van der Waals surface area contributed by atoms with Gasteiger partial charge in [0.25, 0.3) is 0 Å². The summed E-state index contributed by atoms with van der Waals surface area (Å²) in [6.07, 6.45) is 0. The van der Waals surface area contributed by atoms with E-state index in [1.165, 1.54) is 18.2 Å². The molecule has 0 fully saturated rings. The Labute approximate surface area is 68.5 Å². The first kappa shape index (κ1) is 8.35. The number of nitrogen functional groups attached to an aromatic ring is 1. The zero-order valence-corrected chi connectivity index (χ0v) is 6.15. The Kier molecular flexibility index (Phi) is 2.16. The van der Waals surface area contributed by atoms with E-state index in [4.69, 9.17) is 10.8 Å². The third kappa shape index (κ3) is 1.46. The van der Waals surface area contributed by atoms with Crippen molar-refractivity contribution in [3.05, 3.63) is 23.8 Å². The first-order chi connectivity index (χ1) is 5.65. The summed E-state index contributed by atoms with van der Waals surface area (Å²) in [6, 6.07) is 4.04. The Balaban J connectivity index is 3.09. The van der Waals surface area contributed by atoms with Crippen LogP contribution in [0.3, 0.4) is 0 Å². The monoisotopic (exact) mass is 168 g/mol. The van der Waals surface area contributed by atoms with Crippen LogP contribution in [0.1, 0.15) is 10.4 Å². The van der Waals surface area contributed by atoms with Crippen LogP contribution in [0.15, 0.2) is 18.2 Å². The molecule has 0 unspecified atom stereocenters. The second-order valence-corrected chi connectivity index (χ2v) is 2.18. The summed E-state index contributed by atoms with van der Waals surface area (Å²) < 4.78 is 0. The molecule has 0 radical (unpaired) electrons. The molecule has 0 amide bonds. The molecule has 12 heavy (non-hydrogen) atoms. The van der Waals surface area contributed by atoms with E-state index in [0.717, 1.165) is 0 Å². The maximum Gasteiger partial charge on any atom is 0.360 e. The van der Waals surface area contributed by atoms with Crippen molar-refractivity contribution in [2.75, 3.05) is 5.73 Å². The van der Waals surface area contributed by atoms with Gasteiger partial charge in [-0.3, -0.25) is 0 Å². The highest BCUT2D eigenvalue weighted by Crippen LogP contribution is 2.20. The normalized spacial score (nSPS) is 9.42. The molecule has 0 saturated heterocycles. The molecule has 0 atom stereocenters. The number of benzene rings is 1. The van der Waals surface area contributed by atoms with Crippen molar-refractivity contribution >= 4 is 11.7 Å². The van der Waals surface area contributed by atoms with Gasteiger partial charge in [0.2, 0.25) is 0 Å². The summed E-state index contributed by atoms with van der Waals surface area (Å²) in [6.45, 7) is 0. The van der Waals surface area contributed by atoms with Gasteiger partial charge in [0.05, 0.1) is 0 Å². The standard InChI is InChI=1S/C7H8N2O3/c8-4-1-2-5(6(10)3-4)7(11)12-9/h1-3,10H,8-9H2. The molecule has 0 saturated carbocycles. The lowest BCUT2D eigenvalue weighted by molar-refractivity contribution is 0.0500. The molecule has 5 heteroatoms. The minimum atomic E-state index is -0.799. The fourth-order valence-electron chi connectivity index (χ4n) is 0.785. The van der Waals surface area contributed by atoms with Crippen molar-refractivity contribution in [3.63, 3.8) is 0 Å². The highest BCUT2D eigenvalue weighted by molar-refractivity contribution is 5.92. The van der Waals surface area contributed by atoms with Crippen LogP contribution in [-0.4, -0.2) is 11.1 Å². The van der Waals surface area contributed by atoms with Gasteiger partial charge in [-0.1, -0.05) is 0 Å². The van der Waals surface area contributed by atoms with Gasteiger partial charge < -0.3 is 15.7 Å². The van der Waals surface area contributed by atoms with Crippen LogP contribution in [0.4, 0.5) is 5.69 Å². The Hall–Kier alpha value is -1.75. The highest BCUT2D eigenvalue weighted by atomic mass is 16.7.